The third-order valence-electron chi connectivity index (χ3n) is 2.40. The van der Waals surface area contributed by atoms with Crippen LogP contribution in [0.3, 0.4) is 0 Å². The van der Waals surface area contributed by atoms with Crippen LogP contribution in [-0.2, 0) is 36.3 Å². The van der Waals surface area contributed by atoms with Gasteiger partial charge in [-0.1, -0.05) is 27.7 Å². The van der Waals surface area contributed by atoms with Crippen LogP contribution in [-0.4, -0.2) is 39.6 Å². The zero-order valence-corrected chi connectivity index (χ0v) is 17.0. The van der Waals surface area contributed by atoms with Gasteiger partial charge in [0.15, 0.2) is 0 Å². The summed E-state index contributed by atoms with van der Waals surface area (Å²) >= 11 is 0. The second-order valence-electron chi connectivity index (χ2n) is 4.89. The van der Waals surface area contributed by atoms with E-state index in [0.29, 0.717) is 25.7 Å². The number of hydrogen-bond acceptors (Lipinski definition) is 8. The van der Waals surface area contributed by atoms with E-state index in [2.05, 4.69) is 0 Å². The monoisotopic (exact) mass is 390 g/mol. The van der Waals surface area contributed by atoms with Gasteiger partial charge >= 0.3 is 15.6 Å². The highest BCUT2D eigenvalue weighted by Crippen LogP contribution is 2.51. The van der Waals surface area contributed by atoms with Gasteiger partial charge in [-0.2, -0.15) is 0 Å². The Morgan fingerprint density at radius 1 is 0.458 bits per heavy atom. The summed E-state index contributed by atoms with van der Waals surface area (Å²) in [5.41, 5.74) is 0. The van der Waals surface area contributed by atoms with Gasteiger partial charge < -0.3 is 0 Å². The van der Waals surface area contributed by atoms with Crippen LogP contribution < -0.4 is 0 Å². The smallest absolute Gasteiger partial charge is 0.287 e. The Labute approximate surface area is 145 Å². The lowest BCUT2D eigenvalue weighted by atomic mass is 10.5. The van der Waals surface area contributed by atoms with Crippen LogP contribution in [0.2, 0.25) is 0 Å². The molecular formula is C14H32O8P2. The summed E-state index contributed by atoms with van der Waals surface area (Å²) in [6.45, 7) is 8.39. The fraction of sp³-hybridized carbons (Fsp3) is 1.00. The van der Waals surface area contributed by atoms with E-state index in [1.165, 1.54) is 0 Å². The lowest BCUT2D eigenvalue weighted by Gasteiger charge is -2.19. The number of phosphoric acid groups is 2. The molecule has 0 radical (unpaired) electrons. The summed E-state index contributed by atoms with van der Waals surface area (Å²) in [5.74, 6) is 0. The SMILES string of the molecule is CCCOP(=O)(OCCC)OCCOP(=O)(OCCC)OCCC. The van der Waals surface area contributed by atoms with Gasteiger partial charge in [0.25, 0.3) is 0 Å². The normalized spacial score (nSPS) is 12.7. The minimum Gasteiger partial charge on any atom is -0.287 e. The molecule has 0 heterocycles. The molecule has 0 saturated carbocycles. The van der Waals surface area contributed by atoms with Gasteiger partial charge in [-0.3, -0.25) is 27.1 Å². The van der Waals surface area contributed by atoms with Gasteiger partial charge in [-0.05, 0) is 25.7 Å². The first-order valence-electron chi connectivity index (χ1n) is 8.52. The number of rotatable bonds is 17. The van der Waals surface area contributed by atoms with Gasteiger partial charge in [-0.25, -0.2) is 9.13 Å². The van der Waals surface area contributed by atoms with Crippen molar-refractivity contribution in [2.24, 2.45) is 0 Å². The first kappa shape index (κ1) is 24.2. The lowest BCUT2D eigenvalue weighted by molar-refractivity contribution is 0.0750. The van der Waals surface area contributed by atoms with Gasteiger partial charge in [-0.15, -0.1) is 0 Å². The molecule has 10 heteroatoms. The molecule has 0 unspecified atom stereocenters. The average molecular weight is 390 g/mol. The van der Waals surface area contributed by atoms with Crippen LogP contribution in [0, 0.1) is 0 Å². The molecular weight excluding hydrogens is 358 g/mol. The molecule has 24 heavy (non-hydrogen) atoms. The molecule has 0 spiro atoms. The Morgan fingerprint density at radius 2 is 0.667 bits per heavy atom. The number of phosphoric ester groups is 2. The predicted octanol–water partition coefficient (Wildman–Crippen LogP) is 4.94. The van der Waals surface area contributed by atoms with Crippen LogP contribution in [0.5, 0.6) is 0 Å². The maximum Gasteiger partial charge on any atom is 0.474 e. The third-order valence-corrected chi connectivity index (χ3v) is 5.39. The molecule has 0 aromatic carbocycles. The Kier molecular flexibility index (Phi) is 14.5. The van der Waals surface area contributed by atoms with Crippen molar-refractivity contribution in [3.05, 3.63) is 0 Å². The van der Waals surface area contributed by atoms with Crippen LogP contribution >= 0.6 is 15.6 Å². The maximum absolute atomic E-state index is 12.3. The van der Waals surface area contributed by atoms with Crippen LogP contribution in [0.25, 0.3) is 0 Å². The summed E-state index contributed by atoms with van der Waals surface area (Å²) in [5, 5.41) is 0. The fourth-order valence-electron chi connectivity index (χ4n) is 1.33. The van der Waals surface area contributed by atoms with Crippen molar-refractivity contribution in [2.75, 3.05) is 39.6 Å². The lowest BCUT2D eigenvalue weighted by Crippen LogP contribution is -2.09. The molecule has 0 saturated heterocycles. The molecule has 0 aliphatic heterocycles. The molecule has 0 amide bonds. The second-order valence-corrected chi connectivity index (χ2v) is 8.23. The van der Waals surface area contributed by atoms with Crippen molar-refractivity contribution in [2.45, 2.75) is 53.4 Å². The minimum absolute atomic E-state index is 0.111. The molecule has 0 N–H and O–H groups in total. The highest BCUT2D eigenvalue weighted by Gasteiger charge is 2.29. The van der Waals surface area contributed by atoms with E-state index in [1.807, 2.05) is 27.7 Å². The molecule has 0 aromatic heterocycles. The van der Waals surface area contributed by atoms with E-state index in [9.17, 15) is 9.13 Å². The topological polar surface area (TPSA) is 89.5 Å². The van der Waals surface area contributed by atoms with Crippen molar-refractivity contribution in [1.82, 2.24) is 0 Å². The highest BCUT2D eigenvalue weighted by atomic mass is 31.2. The summed E-state index contributed by atoms with van der Waals surface area (Å²) in [6, 6.07) is 0. The van der Waals surface area contributed by atoms with Gasteiger partial charge in [0, 0.05) is 0 Å². The summed E-state index contributed by atoms with van der Waals surface area (Å²) in [6.07, 6.45) is 2.74. The predicted molar refractivity (Wildman–Crippen MR) is 92.1 cm³/mol. The van der Waals surface area contributed by atoms with E-state index in [0.717, 1.165) is 0 Å². The van der Waals surface area contributed by atoms with Crippen LogP contribution in [0.4, 0.5) is 0 Å². The quantitative estimate of drug-likeness (QED) is 0.255. The molecule has 0 fully saturated rings. The standard InChI is InChI=1S/C14H32O8P2/c1-5-9-17-23(15,18-10-6-2)21-13-14-22-24(16,19-11-7-3)20-12-8-4/h5-14H2,1-4H3. The molecule has 0 aromatic rings. The molecule has 0 aliphatic carbocycles. The molecule has 146 valence electrons. The Balaban J connectivity index is 4.39. The van der Waals surface area contributed by atoms with E-state index in [4.69, 9.17) is 27.1 Å². The second kappa shape index (κ2) is 14.4. The van der Waals surface area contributed by atoms with Crippen molar-refractivity contribution in [1.29, 1.82) is 0 Å². The zero-order chi connectivity index (χ0) is 18.3. The summed E-state index contributed by atoms with van der Waals surface area (Å²) in [4.78, 5) is 0. The van der Waals surface area contributed by atoms with Gasteiger partial charge in [0.2, 0.25) is 0 Å². The molecule has 0 atom stereocenters. The van der Waals surface area contributed by atoms with Crippen LogP contribution in [0.15, 0.2) is 0 Å². The maximum atomic E-state index is 12.3. The molecule has 0 aliphatic rings. The Hall–Kier alpha value is 0.220. The summed E-state index contributed by atoms with van der Waals surface area (Å²) in [7, 11) is -7.26. The highest BCUT2D eigenvalue weighted by molar-refractivity contribution is 7.48. The molecule has 8 nitrogen and oxygen atoms in total. The Morgan fingerprint density at radius 3 is 0.875 bits per heavy atom. The zero-order valence-electron chi connectivity index (χ0n) is 15.2. The third kappa shape index (κ3) is 11.7. The first-order valence-corrected chi connectivity index (χ1v) is 11.4. The van der Waals surface area contributed by atoms with Crippen molar-refractivity contribution in [3.63, 3.8) is 0 Å². The Bertz CT molecular complexity index is 331. The van der Waals surface area contributed by atoms with Crippen molar-refractivity contribution < 1.29 is 36.3 Å². The van der Waals surface area contributed by atoms with Crippen molar-refractivity contribution in [3.8, 4) is 0 Å². The van der Waals surface area contributed by atoms with Crippen molar-refractivity contribution >= 4 is 15.6 Å². The minimum atomic E-state index is -3.63. The van der Waals surface area contributed by atoms with E-state index in [-0.39, 0.29) is 39.6 Å². The molecule has 0 bridgehead atoms. The van der Waals surface area contributed by atoms with E-state index >= 15 is 0 Å². The van der Waals surface area contributed by atoms with E-state index < -0.39 is 15.6 Å². The fourth-order valence-corrected chi connectivity index (χ4v) is 4.00. The molecule has 0 rings (SSSR count). The number of hydrogen-bond donors (Lipinski definition) is 0. The van der Waals surface area contributed by atoms with Gasteiger partial charge in [0.1, 0.15) is 0 Å². The largest absolute Gasteiger partial charge is 0.474 e. The average Bonchev–Trinajstić information content (AvgIpc) is 2.59. The van der Waals surface area contributed by atoms with E-state index in [1.54, 1.807) is 0 Å². The van der Waals surface area contributed by atoms with Gasteiger partial charge in [0.05, 0.1) is 39.6 Å². The van der Waals surface area contributed by atoms with Crippen LogP contribution in [0.1, 0.15) is 53.4 Å². The first-order chi connectivity index (χ1) is 11.4. The summed E-state index contributed by atoms with van der Waals surface area (Å²) < 4.78 is 55.7.